The highest BCUT2D eigenvalue weighted by Crippen LogP contribution is 2.37. The minimum Gasteiger partial charge on any atom is -0.385 e. The SMILES string of the molecule is CC1CC1CNc1ccnc(F)c1. The molecule has 2 nitrogen and oxygen atoms in total. The van der Waals surface area contributed by atoms with E-state index in [1.807, 2.05) is 0 Å². The molecular weight excluding hydrogens is 167 g/mol. The Balaban J connectivity index is 1.87. The molecule has 1 saturated carbocycles. The van der Waals surface area contributed by atoms with Gasteiger partial charge in [-0.25, -0.2) is 4.98 Å². The van der Waals surface area contributed by atoms with E-state index in [4.69, 9.17) is 0 Å². The van der Waals surface area contributed by atoms with Crippen LogP contribution in [0.3, 0.4) is 0 Å². The number of hydrogen-bond donors (Lipinski definition) is 1. The van der Waals surface area contributed by atoms with Crippen molar-refractivity contribution in [3.63, 3.8) is 0 Å². The van der Waals surface area contributed by atoms with E-state index in [1.54, 1.807) is 6.07 Å². The van der Waals surface area contributed by atoms with Crippen molar-refractivity contribution in [1.29, 1.82) is 0 Å². The summed E-state index contributed by atoms with van der Waals surface area (Å²) >= 11 is 0. The fourth-order valence-corrected chi connectivity index (χ4v) is 1.44. The first-order chi connectivity index (χ1) is 6.25. The zero-order valence-corrected chi connectivity index (χ0v) is 7.63. The van der Waals surface area contributed by atoms with E-state index in [1.165, 1.54) is 18.7 Å². The summed E-state index contributed by atoms with van der Waals surface area (Å²) in [6.45, 7) is 3.18. The molecule has 2 atom stereocenters. The molecule has 1 heterocycles. The maximum absolute atomic E-state index is 12.6. The lowest BCUT2D eigenvalue weighted by molar-refractivity contribution is 0.584. The van der Waals surface area contributed by atoms with Crippen LogP contribution in [0.4, 0.5) is 10.1 Å². The van der Waals surface area contributed by atoms with Gasteiger partial charge < -0.3 is 5.32 Å². The Kier molecular flexibility index (Phi) is 2.17. The molecule has 1 N–H and O–H groups in total. The van der Waals surface area contributed by atoms with Gasteiger partial charge in [0.2, 0.25) is 5.95 Å². The van der Waals surface area contributed by atoms with Gasteiger partial charge in [-0.1, -0.05) is 6.92 Å². The average molecular weight is 180 g/mol. The molecule has 0 bridgehead atoms. The third kappa shape index (κ3) is 2.17. The van der Waals surface area contributed by atoms with Gasteiger partial charge in [0.15, 0.2) is 0 Å². The Labute approximate surface area is 77.2 Å². The summed E-state index contributed by atoms with van der Waals surface area (Å²) in [4.78, 5) is 3.49. The molecule has 70 valence electrons. The largest absolute Gasteiger partial charge is 0.385 e. The van der Waals surface area contributed by atoms with Gasteiger partial charge in [-0.05, 0) is 24.3 Å². The van der Waals surface area contributed by atoms with Crippen LogP contribution in [0.25, 0.3) is 0 Å². The number of rotatable bonds is 3. The Morgan fingerprint density at radius 1 is 1.69 bits per heavy atom. The van der Waals surface area contributed by atoms with Crippen molar-refractivity contribution >= 4 is 5.69 Å². The predicted octanol–water partition coefficient (Wildman–Crippen LogP) is 2.29. The van der Waals surface area contributed by atoms with Crippen LogP contribution in [-0.2, 0) is 0 Å². The van der Waals surface area contributed by atoms with E-state index in [-0.39, 0.29) is 0 Å². The molecular formula is C10H13FN2. The Hall–Kier alpha value is -1.12. The molecule has 0 radical (unpaired) electrons. The maximum atomic E-state index is 12.6. The molecule has 1 aromatic rings. The number of nitrogens with one attached hydrogen (secondary N) is 1. The first kappa shape index (κ1) is 8.48. The quantitative estimate of drug-likeness (QED) is 0.722. The smallest absolute Gasteiger partial charge is 0.214 e. The molecule has 0 aliphatic heterocycles. The second-order valence-corrected chi connectivity index (χ2v) is 3.72. The van der Waals surface area contributed by atoms with Crippen LogP contribution in [0.15, 0.2) is 18.3 Å². The van der Waals surface area contributed by atoms with E-state index in [0.717, 1.165) is 24.1 Å². The molecule has 0 spiro atoms. The second kappa shape index (κ2) is 3.32. The van der Waals surface area contributed by atoms with Crippen LogP contribution in [0.1, 0.15) is 13.3 Å². The Morgan fingerprint density at radius 3 is 3.08 bits per heavy atom. The molecule has 0 aromatic carbocycles. The maximum Gasteiger partial charge on any atom is 0.214 e. The average Bonchev–Trinajstić information content (AvgIpc) is 2.79. The van der Waals surface area contributed by atoms with Crippen molar-refractivity contribution in [3.05, 3.63) is 24.3 Å². The number of anilines is 1. The minimum absolute atomic E-state index is 0.422. The molecule has 13 heavy (non-hydrogen) atoms. The lowest BCUT2D eigenvalue weighted by Gasteiger charge is -2.04. The summed E-state index contributed by atoms with van der Waals surface area (Å²) in [5.74, 6) is 1.18. The number of halogens is 1. The standard InChI is InChI=1S/C10H13FN2/c1-7-4-8(7)6-13-9-2-3-12-10(11)5-9/h2-3,5,7-8H,4,6H2,1H3,(H,12,13). The molecule has 1 aliphatic carbocycles. The summed E-state index contributed by atoms with van der Waals surface area (Å²) in [6, 6.07) is 3.21. The summed E-state index contributed by atoms with van der Waals surface area (Å²) in [5.41, 5.74) is 0.826. The summed E-state index contributed by atoms with van der Waals surface area (Å²) in [5, 5.41) is 3.20. The predicted molar refractivity (Wildman–Crippen MR) is 50.0 cm³/mol. The van der Waals surface area contributed by atoms with Gasteiger partial charge in [0.1, 0.15) is 0 Å². The van der Waals surface area contributed by atoms with Gasteiger partial charge in [-0.2, -0.15) is 4.39 Å². The van der Waals surface area contributed by atoms with Crippen LogP contribution in [-0.4, -0.2) is 11.5 Å². The number of nitrogens with zero attached hydrogens (tertiary/aromatic N) is 1. The fraction of sp³-hybridized carbons (Fsp3) is 0.500. The van der Waals surface area contributed by atoms with Gasteiger partial charge in [0.25, 0.3) is 0 Å². The summed E-state index contributed by atoms with van der Waals surface area (Å²) in [6.07, 6.45) is 2.77. The van der Waals surface area contributed by atoms with Crippen LogP contribution in [0.2, 0.25) is 0 Å². The minimum atomic E-state index is -0.422. The topological polar surface area (TPSA) is 24.9 Å². The zero-order chi connectivity index (χ0) is 9.26. The number of aromatic nitrogens is 1. The van der Waals surface area contributed by atoms with E-state index in [9.17, 15) is 4.39 Å². The molecule has 0 amide bonds. The summed E-state index contributed by atoms with van der Waals surface area (Å²) in [7, 11) is 0. The van der Waals surface area contributed by atoms with E-state index < -0.39 is 5.95 Å². The second-order valence-electron chi connectivity index (χ2n) is 3.72. The molecule has 1 aromatic heterocycles. The molecule has 2 unspecified atom stereocenters. The van der Waals surface area contributed by atoms with Gasteiger partial charge in [-0.3, -0.25) is 0 Å². The van der Waals surface area contributed by atoms with E-state index in [2.05, 4.69) is 17.2 Å². The van der Waals surface area contributed by atoms with Crippen molar-refractivity contribution in [2.45, 2.75) is 13.3 Å². The Bertz CT molecular complexity index is 301. The lowest BCUT2D eigenvalue weighted by Crippen LogP contribution is -2.04. The van der Waals surface area contributed by atoms with Gasteiger partial charge in [0, 0.05) is 24.5 Å². The first-order valence-electron chi connectivity index (χ1n) is 4.61. The van der Waals surface area contributed by atoms with Crippen LogP contribution in [0.5, 0.6) is 0 Å². The third-order valence-corrected chi connectivity index (χ3v) is 2.57. The highest BCUT2D eigenvalue weighted by molar-refractivity contribution is 5.41. The molecule has 1 aliphatic rings. The van der Waals surface area contributed by atoms with E-state index in [0.29, 0.717) is 0 Å². The normalized spacial score (nSPS) is 25.7. The monoisotopic (exact) mass is 180 g/mol. The number of hydrogen-bond acceptors (Lipinski definition) is 2. The fourth-order valence-electron chi connectivity index (χ4n) is 1.44. The van der Waals surface area contributed by atoms with Crippen molar-refractivity contribution in [2.75, 3.05) is 11.9 Å². The number of pyridine rings is 1. The van der Waals surface area contributed by atoms with Gasteiger partial charge >= 0.3 is 0 Å². The molecule has 3 heteroatoms. The van der Waals surface area contributed by atoms with Crippen molar-refractivity contribution in [2.24, 2.45) is 11.8 Å². The van der Waals surface area contributed by atoms with Crippen LogP contribution < -0.4 is 5.32 Å². The van der Waals surface area contributed by atoms with Gasteiger partial charge in [-0.15, -0.1) is 0 Å². The first-order valence-corrected chi connectivity index (χ1v) is 4.61. The van der Waals surface area contributed by atoms with E-state index >= 15 is 0 Å². The molecule has 1 fully saturated rings. The van der Waals surface area contributed by atoms with Crippen molar-refractivity contribution < 1.29 is 4.39 Å². The summed E-state index contributed by atoms with van der Waals surface area (Å²) < 4.78 is 12.6. The Morgan fingerprint density at radius 2 is 2.46 bits per heavy atom. The third-order valence-electron chi connectivity index (χ3n) is 2.57. The highest BCUT2D eigenvalue weighted by atomic mass is 19.1. The van der Waals surface area contributed by atoms with Crippen molar-refractivity contribution in [3.8, 4) is 0 Å². The lowest BCUT2D eigenvalue weighted by atomic mass is 10.3. The van der Waals surface area contributed by atoms with Crippen LogP contribution in [0, 0.1) is 17.8 Å². The highest BCUT2D eigenvalue weighted by Gasteiger charge is 2.31. The van der Waals surface area contributed by atoms with Crippen molar-refractivity contribution in [1.82, 2.24) is 4.98 Å². The van der Waals surface area contributed by atoms with Gasteiger partial charge in [0.05, 0.1) is 0 Å². The molecule has 2 rings (SSSR count). The van der Waals surface area contributed by atoms with Crippen LogP contribution >= 0.6 is 0 Å². The zero-order valence-electron chi connectivity index (χ0n) is 7.63. The molecule has 0 saturated heterocycles.